The highest BCUT2D eigenvalue weighted by molar-refractivity contribution is 4.86. The number of allylic oxidation sites excluding steroid dienone is 2. The Balaban J connectivity index is 2.26. The van der Waals surface area contributed by atoms with Crippen molar-refractivity contribution >= 4 is 0 Å². The molecule has 0 heterocycles. The fourth-order valence-corrected chi connectivity index (χ4v) is 1.72. The van der Waals surface area contributed by atoms with E-state index in [1.165, 1.54) is 38.5 Å². The monoisotopic (exact) mass is 153 g/mol. The van der Waals surface area contributed by atoms with E-state index >= 15 is 0 Å². The van der Waals surface area contributed by atoms with E-state index in [1.54, 1.807) is 0 Å². The molecule has 0 fully saturated rings. The van der Waals surface area contributed by atoms with Crippen LogP contribution in [-0.4, -0.2) is 6.54 Å². The molecule has 0 saturated carbocycles. The van der Waals surface area contributed by atoms with Crippen LogP contribution in [0.4, 0.5) is 0 Å². The van der Waals surface area contributed by atoms with Gasteiger partial charge in [0.05, 0.1) is 0 Å². The third-order valence-electron chi connectivity index (χ3n) is 2.44. The van der Waals surface area contributed by atoms with Gasteiger partial charge < -0.3 is 5.73 Å². The topological polar surface area (TPSA) is 26.0 Å². The summed E-state index contributed by atoms with van der Waals surface area (Å²) in [5.74, 6) is 0.872. The molecule has 1 aliphatic carbocycles. The molecule has 0 amide bonds. The minimum absolute atomic E-state index is 0.860. The fraction of sp³-hybridized carbons (Fsp3) is 0.800. The molecule has 0 aromatic carbocycles. The van der Waals surface area contributed by atoms with Gasteiger partial charge >= 0.3 is 0 Å². The molecule has 0 radical (unpaired) electrons. The number of hydrogen-bond acceptors (Lipinski definition) is 1. The molecule has 0 bridgehead atoms. The lowest BCUT2D eigenvalue weighted by Crippen LogP contribution is -2.08. The highest BCUT2D eigenvalue weighted by atomic mass is 14.5. The Morgan fingerprint density at radius 1 is 1.27 bits per heavy atom. The van der Waals surface area contributed by atoms with Gasteiger partial charge in [-0.25, -0.2) is 0 Å². The molecule has 0 saturated heterocycles. The summed E-state index contributed by atoms with van der Waals surface area (Å²) in [5.41, 5.74) is 5.53. The van der Waals surface area contributed by atoms with Gasteiger partial charge in [0, 0.05) is 0 Å². The molecule has 1 atom stereocenters. The highest BCUT2D eigenvalue weighted by Gasteiger charge is 2.06. The first-order chi connectivity index (χ1) is 5.43. The summed E-state index contributed by atoms with van der Waals surface area (Å²) in [4.78, 5) is 0. The predicted molar refractivity (Wildman–Crippen MR) is 49.4 cm³/mol. The highest BCUT2D eigenvalue weighted by Crippen LogP contribution is 2.20. The van der Waals surface area contributed by atoms with Gasteiger partial charge in [-0.15, -0.1) is 0 Å². The Labute approximate surface area is 69.7 Å². The second-order valence-electron chi connectivity index (χ2n) is 3.43. The Morgan fingerprint density at radius 2 is 2.18 bits per heavy atom. The summed E-state index contributed by atoms with van der Waals surface area (Å²) in [7, 11) is 0. The lowest BCUT2D eigenvalue weighted by Gasteiger charge is -2.15. The first-order valence-electron chi connectivity index (χ1n) is 4.78. The van der Waals surface area contributed by atoms with E-state index in [0.717, 1.165) is 12.5 Å². The van der Waals surface area contributed by atoms with Crippen LogP contribution in [0.25, 0.3) is 0 Å². The minimum Gasteiger partial charge on any atom is -0.330 e. The largest absolute Gasteiger partial charge is 0.330 e. The summed E-state index contributed by atoms with van der Waals surface area (Å²) in [6.07, 6.45) is 12.6. The average molecular weight is 153 g/mol. The molecular weight excluding hydrogens is 134 g/mol. The molecule has 1 heteroatoms. The van der Waals surface area contributed by atoms with Crippen LogP contribution in [0.3, 0.4) is 0 Å². The standard InChI is InChI=1S/C10H19N/c11-9-8-10-6-4-2-1-3-5-7-10/h2,4,10H,1,3,5-9,11H2/b4-2-. The molecule has 1 aliphatic rings. The van der Waals surface area contributed by atoms with Gasteiger partial charge in [0.25, 0.3) is 0 Å². The van der Waals surface area contributed by atoms with Crippen molar-refractivity contribution in [1.82, 2.24) is 0 Å². The van der Waals surface area contributed by atoms with Crippen LogP contribution in [0.5, 0.6) is 0 Å². The zero-order valence-electron chi connectivity index (χ0n) is 7.26. The van der Waals surface area contributed by atoms with Crippen molar-refractivity contribution in [3.05, 3.63) is 12.2 Å². The first kappa shape index (κ1) is 8.79. The second-order valence-corrected chi connectivity index (χ2v) is 3.43. The van der Waals surface area contributed by atoms with Crippen LogP contribution in [0, 0.1) is 5.92 Å². The SMILES string of the molecule is NCCC1C/C=C\CCCC1. The summed E-state index contributed by atoms with van der Waals surface area (Å²) in [5, 5.41) is 0. The zero-order valence-corrected chi connectivity index (χ0v) is 7.26. The number of hydrogen-bond donors (Lipinski definition) is 1. The molecule has 1 unspecified atom stereocenters. The molecule has 0 aliphatic heterocycles. The summed E-state index contributed by atoms with van der Waals surface area (Å²) < 4.78 is 0. The lowest BCUT2D eigenvalue weighted by molar-refractivity contribution is 0.434. The van der Waals surface area contributed by atoms with Crippen molar-refractivity contribution in [2.75, 3.05) is 6.54 Å². The third-order valence-corrected chi connectivity index (χ3v) is 2.44. The smallest absolute Gasteiger partial charge is 0.00745 e. The van der Waals surface area contributed by atoms with Crippen LogP contribution in [-0.2, 0) is 0 Å². The predicted octanol–water partition coefficient (Wildman–Crippen LogP) is 2.47. The van der Waals surface area contributed by atoms with Crippen molar-refractivity contribution in [3.63, 3.8) is 0 Å². The molecular formula is C10H19N. The van der Waals surface area contributed by atoms with Gasteiger partial charge in [-0.3, -0.25) is 0 Å². The van der Waals surface area contributed by atoms with E-state index in [2.05, 4.69) is 12.2 Å². The van der Waals surface area contributed by atoms with Gasteiger partial charge in [-0.05, 0) is 38.1 Å². The Kier molecular flexibility index (Phi) is 4.29. The van der Waals surface area contributed by atoms with Crippen LogP contribution in [0.1, 0.15) is 38.5 Å². The molecule has 1 rings (SSSR count). The molecule has 2 N–H and O–H groups in total. The minimum atomic E-state index is 0.860. The van der Waals surface area contributed by atoms with Gasteiger partial charge in [0.2, 0.25) is 0 Å². The fourth-order valence-electron chi connectivity index (χ4n) is 1.72. The maximum Gasteiger partial charge on any atom is -0.00745 e. The van der Waals surface area contributed by atoms with Crippen LogP contribution in [0.2, 0.25) is 0 Å². The molecule has 11 heavy (non-hydrogen) atoms. The summed E-state index contributed by atoms with van der Waals surface area (Å²) in [6.45, 7) is 0.860. The average Bonchev–Trinajstić information content (AvgIpc) is 1.94. The zero-order chi connectivity index (χ0) is 7.94. The van der Waals surface area contributed by atoms with Crippen LogP contribution >= 0.6 is 0 Å². The Hall–Kier alpha value is -0.300. The van der Waals surface area contributed by atoms with E-state index in [0.29, 0.717) is 0 Å². The Morgan fingerprint density at radius 3 is 3.00 bits per heavy atom. The number of nitrogens with two attached hydrogens (primary N) is 1. The molecule has 1 nitrogen and oxygen atoms in total. The van der Waals surface area contributed by atoms with E-state index in [9.17, 15) is 0 Å². The molecule has 64 valence electrons. The second kappa shape index (κ2) is 5.36. The molecule has 0 aromatic heterocycles. The van der Waals surface area contributed by atoms with Gasteiger partial charge in [0.1, 0.15) is 0 Å². The van der Waals surface area contributed by atoms with E-state index in [4.69, 9.17) is 5.73 Å². The van der Waals surface area contributed by atoms with Gasteiger partial charge in [-0.1, -0.05) is 25.0 Å². The quantitative estimate of drug-likeness (QED) is 0.606. The van der Waals surface area contributed by atoms with Crippen molar-refractivity contribution in [2.45, 2.75) is 38.5 Å². The van der Waals surface area contributed by atoms with Crippen LogP contribution in [0.15, 0.2) is 12.2 Å². The normalized spacial score (nSPS) is 29.0. The molecule has 0 spiro atoms. The Bertz CT molecular complexity index is 118. The van der Waals surface area contributed by atoms with Gasteiger partial charge in [0.15, 0.2) is 0 Å². The van der Waals surface area contributed by atoms with Gasteiger partial charge in [-0.2, -0.15) is 0 Å². The van der Waals surface area contributed by atoms with Crippen LogP contribution < -0.4 is 5.73 Å². The maximum absolute atomic E-state index is 5.53. The third kappa shape index (κ3) is 3.57. The first-order valence-corrected chi connectivity index (χ1v) is 4.78. The van der Waals surface area contributed by atoms with Crippen molar-refractivity contribution in [3.8, 4) is 0 Å². The maximum atomic E-state index is 5.53. The summed E-state index contributed by atoms with van der Waals surface area (Å²) in [6, 6.07) is 0. The van der Waals surface area contributed by atoms with Crippen molar-refractivity contribution in [2.24, 2.45) is 11.7 Å². The van der Waals surface area contributed by atoms with Crippen molar-refractivity contribution < 1.29 is 0 Å². The molecule has 0 aromatic rings. The van der Waals surface area contributed by atoms with E-state index < -0.39 is 0 Å². The number of rotatable bonds is 2. The van der Waals surface area contributed by atoms with E-state index in [1.807, 2.05) is 0 Å². The summed E-state index contributed by atoms with van der Waals surface area (Å²) >= 11 is 0. The lowest BCUT2D eigenvalue weighted by atomic mass is 9.92. The van der Waals surface area contributed by atoms with Crippen molar-refractivity contribution in [1.29, 1.82) is 0 Å². The van der Waals surface area contributed by atoms with E-state index in [-0.39, 0.29) is 0 Å².